The minimum atomic E-state index is 0. The first-order chi connectivity index (χ1) is 6.93. The van der Waals surface area contributed by atoms with Gasteiger partial charge in [-0.2, -0.15) is 0 Å². The van der Waals surface area contributed by atoms with Crippen molar-refractivity contribution in [3.63, 3.8) is 0 Å². The normalized spacial score (nSPS) is 9.67. The molecule has 0 nitrogen and oxygen atoms in total. The molecule has 0 radical (unpaired) electrons. The van der Waals surface area contributed by atoms with E-state index in [0.717, 1.165) is 0 Å². The molecule has 1 heteroatoms. The monoisotopic (exact) mass is 216 g/mol. The third kappa shape index (κ3) is 7.86. The average molecular weight is 217 g/mol. The topological polar surface area (TPSA) is 0 Å². The predicted octanol–water partition coefficient (Wildman–Crippen LogP) is 4.43. The van der Waals surface area contributed by atoms with Crippen LogP contribution in [0, 0.1) is 0 Å². The number of hydrogen-bond donors (Lipinski definition) is 0. The second kappa shape index (κ2) is 10.5. The molecule has 0 atom stereocenters. The smallest absolute Gasteiger partial charge is 1.00 e. The zero-order valence-corrected chi connectivity index (χ0v) is 11.5. The third-order valence-electron chi connectivity index (χ3n) is 2.66. The van der Waals surface area contributed by atoms with Crippen molar-refractivity contribution >= 4 is 23.1 Å². The van der Waals surface area contributed by atoms with Crippen LogP contribution in [0.3, 0.4) is 0 Å². The van der Waals surface area contributed by atoms with Gasteiger partial charge >= 0.3 is 23.1 Å². The minimum Gasteiger partial charge on any atom is -1.00 e. The first-order valence-electron chi connectivity index (χ1n) is 5.97. The molecule has 0 bridgehead atoms. The van der Waals surface area contributed by atoms with Crippen molar-refractivity contribution in [2.24, 2.45) is 0 Å². The van der Waals surface area contributed by atoms with Crippen LogP contribution in [-0.4, -0.2) is 23.1 Å². The largest absolute Gasteiger partial charge is 2.00 e. The molecular formula is C14H24Mg. The zero-order valence-electron chi connectivity index (χ0n) is 12.0. The van der Waals surface area contributed by atoms with Crippen molar-refractivity contribution in [3.8, 4) is 0 Å². The molecule has 15 heavy (non-hydrogen) atoms. The third-order valence-corrected chi connectivity index (χ3v) is 2.66. The molecule has 0 fully saturated rings. The molecule has 0 spiro atoms. The molecule has 0 unspecified atom stereocenters. The van der Waals surface area contributed by atoms with Crippen molar-refractivity contribution in [1.82, 2.24) is 0 Å². The van der Waals surface area contributed by atoms with E-state index >= 15 is 0 Å². The first-order valence-corrected chi connectivity index (χ1v) is 5.97. The van der Waals surface area contributed by atoms with Crippen LogP contribution >= 0.6 is 0 Å². The maximum atomic E-state index is 2.27. The summed E-state index contributed by atoms with van der Waals surface area (Å²) in [5, 5.41) is 0. The summed E-state index contributed by atoms with van der Waals surface area (Å²) in [4.78, 5) is 0. The summed E-state index contributed by atoms with van der Waals surface area (Å²) in [5.74, 6) is 0. The molecule has 1 aromatic carbocycles. The van der Waals surface area contributed by atoms with Crippen molar-refractivity contribution < 1.29 is 2.85 Å². The summed E-state index contributed by atoms with van der Waals surface area (Å²) in [6, 6.07) is 10.8. The Bertz CT molecular complexity index is 227. The van der Waals surface area contributed by atoms with Crippen molar-refractivity contribution in [1.29, 1.82) is 0 Å². The molecule has 0 amide bonds. The Kier molecular flexibility index (Phi) is 10.5. The fraction of sp³-hybridized carbons (Fsp3) is 0.571. The summed E-state index contributed by atoms with van der Waals surface area (Å²) in [6.07, 6.45) is 9.60. The van der Waals surface area contributed by atoms with E-state index in [0.29, 0.717) is 0 Å². The Morgan fingerprint density at radius 2 is 1.47 bits per heavy atom. The molecular weight excluding hydrogens is 192 g/mol. The van der Waals surface area contributed by atoms with E-state index in [1.54, 1.807) is 0 Å². The van der Waals surface area contributed by atoms with Crippen molar-refractivity contribution in [3.05, 3.63) is 35.9 Å². The molecule has 1 aromatic rings. The van der Waals surface area contributed by atoms with Crippen LogP contribution in [0.1, 0.15) is 53.9 Å². The Hall–Kier alpha value is -0.0138. The number of rotatable bonds is 7. The molecule has 0 aromatic heterocycles. The number of hydrogen-bond acceptors (Lipinski definition) is 0. The van der Waals surface area contributed by atoms with Crippen LogP contribution < -0.4 is 0 Å². The second-order valence-corrected chi connectivity index (χ2v) is 4.00. The van der Waals surface area contributed by atoms with Crippen LogP contribution in [0.15, 0.2) is 30.3 Å². The van der Waals surface area contributed by atoms with Crippen LogP contribution in [-0.2, 0) is 6.42 Å². The molecule has 82 valence electrons. The van der Waals surface area contributed by atoms with Gasteiger partial charge in [0.15, 0.2) is 0 Å². The van der Waals surface area contributed by atoms with E-state index in [9.17, 15) is 0 Å². The molecule has 0 saturated heterocycles. The summed E-state index contributed by atoms with van der Waals surface area (Å²) in [5.41, 5.74) is 1.49. The van der Waals surface area contributed by atoms with E-state index in [-0.39, 0.29) is 25.9 Å². The van der Waals surface area contributed by atoms with E-state index < -0.39 is 0 Å². The van der Waals surface area contributed by atoms with Crippen molar-refractivity contribution in [2.45, 2.75) is 51.9 Å². The molecule has 1 rings (SSSR count). The van der Waals surface area contributed by atoms with E-state index in [1.807, 2.05) is 0 Å². The van der Waals surface area contributed by atoms with Crippen LogP contribution in [0.25, 0.3) is 0 Å². The Labute approximate surface area is 114 Å². The van der Waals surface area contributed by atoms with Gasteiger partial charge in [-0.1, -0.05) is 69.4 Å². The van der Waals surface area contributed by atoms with Gasteiger partial charge in [-0.25, -0.2) is 0 Å². The molecule has 0 aliphatic rings. The summed E-state index contributed by atoms with van der Waals surface area (Å²) >= 11 is 0. The van der Waals surface area contributed by atoms with E-state index in [1.165, 1.54) is 50.5 Å². The molecule has 0 saturated carbocycles. The van der Waals surface area contributed by atoms with Crippen LogP contribution in [0.4, 0.5) is 0 Å². The maximum absolute atomic E-state index is 2.27. The first kappa shape index (κ1) is 15.0. The van der Waals surface area contributed by atoms with Gasteiger partial charge < -0.3 is 2.85 Å². The Morgan fingerprint density at radius 1 is 0.867 bits per heavy atom. The van der Waals surface area contributed by atoms with Crippen LogP contribution in [0.2, 0.25) is 0 Å². The van der Waals surface area contributed by atoms with Gasteiger partial charge in [-0.05, 0) is 18.4 Å². The van der Waals surface area contributed by atoms with Gasteiger partial charge in [0.25, 0.3) is 0 Å². The predicted molar refractivity (Wildman–Crippen MR) is 71.5 cm³/mol. The minimum absolute atomic E-state index is 0. The molecule has 0 heterocycles. The standard InChI is InChI=1S/C14H22.Mg.2H/c1-2-3-4-5-6-8-11-14-12-9-7-10-13-14;;;/h7,9-10,12-13H,2-6,8,11H2,1H3;;;/q;+2;2*-1. The second-order valence-electron chi connectivity index (χ2n) is 4.00. The quantitative estimate of drug-likeness (QED) is 0.467. The van der Waals surface area contributed by atoms with Gasteiger partial charge in [-0.15, -0.1) is 0 Å². The summed E-state index contributed by atoms with van der Waals surface area (Å²) in [7, 11) is 0. The summed E-state index contributed by atoms with van der Waals surface area (Å²) < 4.78 is 0. The number of aryl methyl sites for hydroxylation is 1. The van der Waals surface area contributed by atoms with E-state index in [4.69, 9.17) is 0 Å². The van der Waals surface area contributed by atoms with Crippen LogP contribution in [0.5, 0.6) is 0 Å². The fourth-order valence-electron chi connectivity index (χ4n) is 1.75. The average Bonchev–Trinajstić information content (AvgIpc) is 2.25. The molecule has 0 N–H and O–H groups in total. The summed E-state index contributed by atoms with van der Waals surface area (Å²) in [6.45, 7) is 2.27. The van der Waals surface area contributed by atoms with Gasteiger partial charge in [0, 0.05) is 0 Å². The SMILES string of the molecule is CCCCCCCCc1ccccc1.[H-].[H-].[Mg+2]. The van der Waals surface area contributed by atoms with Crippen molar-refractivity contribution in [2.75, 3.05) is 0 Å². The van der Waals surface area contributed by atoms with E-state index in [2.05, 4.69) is 37.3 Å². The van der Waals surface area contributed by atoms with Gasteiger partial charge in [0.1, 0.15) is 0 Å². The van der Waals surface area contributed by atoms with Gasteiger partial charge in [0.05, 0.1) is 0 Å². The number of unbranched alkanes of at least 4 members (excludes halogenated alkanes) is 5. The zero-order chi connectivity index (χ0) is 10.1. The Balaban J connectivity index is -0.000000653. The molecule has 0 aliphatic carbocycles. The van der Waals surface area contributed by atoms with Gasteiger partial charge in [-0.3, -0.25) is 0 Å². The number of benzene rings is 1. The maximum Gasteiger partial charge on any atom is 2.00 e. The Morgan fingerprint density at radius 3 is 2.13 bits per heavy atom. The fourth-order valence-corrected chi connectivity index (χ4v) is 1.75. The van der Waals surface area contributed by atoms with Gasteiger partial charge in [0.2, 0.25) is 0 Å². The molecule has 0 aliphatic heterocycles.